The lowest BCUT2D eigenvalue weighted by molar-refractivity contribution is 0.349. The van der Waals surface area contributed by atoms with Crippen molar-refractivity contribution in [3.8, 4) is 16.9 Å². The number of hydrogen-bond donors (Lipinski definition) is 0. The molecule has 0 amide bonds. The number of aryl methyl sites for hydroxylation is 1. The van der Waals surface area contributed by atoms with Gasteiger partial charge in [-0.25, -0.2) is 4.79 Å². The van der Waals surface area contributed by atoms with Crippen LogP contribution in [0.1, 0.15) is 19.4 Å². The quantitative estimate of drug-likeness (QED) is 0.492. The van der Waals surface area contributed by atoms with E-state index in [-0.39, 0.29) is 5.63 Å². The van der Waals surface area contributed by atoms with Gasteiger partial charge in [-0.3, -0.25) is 0 Å². The monoisotopic (exact) mass is 320 g/mol. The molecule has 1 heterocycles. The Kier molecular flexibility index (Phi) is 4.52. The van der Waals surface area contributed by atoms with Gasteiger partial charge in [0.15, 0.2) is 0 Å². The van der Waals surface area contributed by atoms with Crippen LogP contribution in [-0.2, 0) is 6.42 Å². The van der Waals surface area contributed by atoms with Crippen molar-refractivity contribution in [3.63, 3.8) is 0 Å². The third-order valence-electron chi connectivity index (χ3n) is 3.87. The fraction of sp³-hybridized carbons (Fsp3) is 0.190. The van der Waals surface area contributed by atoms with E-state index in [0.717, 1.165) is 39.8 Å². The largest absolute Gasteiger partial charge is 0.489 e. The summed E-state index contributed by atoms with van der Waals surface area (Å²) in [7, 11) is 0. The van der Waals surface area contributed by atoms with Gasteiger partial charge in [0, 0.05) is 17.5 Å². The van der Waals surface area contributed by atoms with Crippen LogP contribution >= 0.6 is 0 Å². The van der Waals surface area contributed by atoms with E-state index >= 15 is 0 Å². The molecule has 0 N–H and O–H groups in total. The highest BCUT2D eigenvalue weighted by molar-refractivity contribution is 5.94. The van der Waals surface area contributed by atoms with E-state index in [0.29, 0.717) is 12.2 Å². The number of ether oxygens (including phenoxy) is 1. The molecule has 0 saturated carbocycles. The molecule has 24 heavy (non-hydrogen) atoms. The van der Waals surface area contributed by atoms with E-state index in [4.69, 9.17) is 9.15 Å². The summed E-state index contributed by atoms with van der Waals surface area (Å²) in [6.07, 6.45) is 0.828. The minimum Gasteiger partial charge on any atom is -0.489 e. The first-order valence-corrected chi connectivity index (χ1v) is 8.02. The lowest BCUT2D eigenvalue weighted by atomic mass is 9.99. The molecule has 0 atom stereocenters. The van der Waals surface area contributed by atoms with Crippen molar-refractivity contribution >= 4 is 11.0 Å². The van der Waals surface area contributed by atoms with Gasteiger partial charge in [-0.05, 0) is 41.7 Å². The van der Waals surface area contributed by atoms with E-state index in [1.807, 2.05) is 49.4 Å². The zero-order valence-electron chi connectivity index (χ0n) is 14.0. The van der Waals surface area contributed by atoms with Crippen molar-refractivity contribution in [2.45, 2.75) is 20.3 Å². The number of benzene rings is 2. The maximum atomic E-state index is 12.0. The zero-order chi connectivity index (χ0) is 17.1. The predicted octanol–water partition coefficient (Wildman–Crippen LogP) is 4.98. The normalized spacial score (nSPS) is 10.8. The molecule has 0 spiro atoms. The van der Waals surface area contributed by atoms with Crippen LogP contribution in [0.25, 0.3) is 22.1 Å². The highest BCUT2D eigenvalue weighted by atomic mass is 16.5. The summed E-state index contributed by atoms with van der Waals surface area (Å²) >= 11 is 0. The van der Waals surface area contributed by atoms with E-state index in [1.54, 1.807) is 6.07 Å². The van der Waals surface area contributed by atoms with Gasteiger partial charge >= 0.3 is 5.63 Å². The molecular weight excluding hydrogens is 300 g/mol. The molecule has 3 aromatic rings. The fourth-order valence-corrected chi connectivity index (χ4v) is 2.70. The van der Waals surface area contributed by atoms with Gasteiger partial charge in [0.1, 0.15) is 17.9 Å². The predicted molar refractivity (Wildman–Crippen MR) is 97.6 cm³/mol. The maximum absolute atomic E-state index is 12.0. The Hall–Kier alpha value is -2.81. The number of hydrogen-bond acceptors (Lipinski definition) is 3. The fourth-order valence-electron chi connectivity index (χ4n) is 2.70. The standard InChI is InChI=1S/C21H20O3/c1-4-15-10-18-17(16-8-6-5-7-9-16)11-21(22)24-20(18)12-19(15)23-13-14(2)3/h5-12H,2,4,13H2,1,3H3. The number of rotatable bonds is 5. The molecule has 1 aromatic heterocycles. The second-order valence-corrected chi connectivity index (χ2v) is 5.90. The van der Waals surface area contributed by atoms with Crippen LogP contribution in [0, 0.1) is 0 Å². The first-order chi connectivity index (χ1) is 11.6. The Morgan fingerprint density at radius 3 is 2.58 bits per heavy atom. The summed E-state index contributed by atoms with van der Waals surface area (Å²) in [5, 5.41) is 0.917. The minimum absolute atomic E-state index is 0.364. The van der Waals surface area contributed by atoms with E-state index in [2.05, 4.69) is 13.5 Å². The van der Waals surface area contributed by atoms with Crippen LogP contribution in [0.2, 0.25) is 0 Å². The van der Waals surface area contributed by atoms with Crippen molar-refractivity contribution in [2.24, 2.45) is 0 Å². The molecular formula is C21H20O3. The summed E-state index contributed by atoms with van der Waals surface area (Å²) < 4.78 is 11.2. The molecule has 0 unspecified atom stereocenters. The zero-order valence-corrected chi connectivity index (χ0v) is 14.0. The Morgan fingerprint density at radius 1 is 1.17 bits per heavy atom. The summed E-state index contributed by atoms with van der Waals surface area (Å²) in [4.78, 5) is 12.0. The molecule has 0 fully saturated rings. The molecule has 3 heteroatoms. The third kappa shape index (κ3) is 3.25. The van der Waals surface area contributed by atoms with E-state index in [1.165, 1.54) is 0 Å². The summed E-state index contributed by atoms with van der Waals surface area (Å²) in [5.41, 5.74) is 4.06. The number of fused-ring (bicyclic) bond motifs is 1. The first-order valence-electron chi connectivity index (χ1n) is 8.02. The topological polar surface area (TPSA) is 39.4 Å². The van der Waals surface area contributed by atoms with Gasteiger partial charge in [0.25, 0.3) is 0 Å². The smallest absolute Gasteiger partial charge is 0.336 e. The molecule has 0 bridgehead atoms. The lowest BCUT2D eigenvalue weighted by Gasteiger charge is -2.13. The molecule has 0 aliphatic heterocycles. The minimum atomic E-state index is -0.364. The Balaban J connectivity index is 2.21. The van der Waals surface area contributed by atoms with Gasteiger partial charge in [0.2, 0.25) is 0 Å². The van der Waals surface area contributed by atoms with E-state index < -0.39 is 0 Å². The SMILES string of the molecule is C=C(C)COc1cc2oc(=O)cc(-c3ccccc3)c2cc1CC. The average Bonchev–Trinajstić information content (AvgIpc) is 2.59. The van der Waals surface area contributed by atoms with Gasteiger partial charge < -0.3 is 9.15 Å². The van der Waals surface area contributed by atoms with Crippen LogP contribution < -0.4 is 10.4 Å². The summed E-state index contributed by atoms with van der Waals surface area (Å²) in [5.74, 6) is 0.737. The maximum Gasteiger partial charge on any atom is 0.336 e. The first kappa shape index (κ1) is 16.1. The third-order valence-corrected chi connectivity index (χ3v) is 3.87. The van der Waals surface area contributed by atoms with Crippen LogP contribution in [0.5, 0.6) is 5.75 Å². The van der Waals surface area contributed by atoms with Crippen LogP contribution in [0.3, 0.4) is 0 Å². The molecule has 3 nitrogen and oxygen atoms in total. The Labute approximate surface area is 141 Å². The van der Waals surface area contributed by atoms with E-state index in [9.17, 15) is 4.79 Å². The van der Waals surface area contributed by atoms with Crippen molar-refractivity contribution in [1.82, 2.24) is 0 Å². The molecule has 0 saturated heterocycles. The highest BCUT2D eigenvalue weighted by Gasteiger charge is 2.12. The second-order valence-electron chi connectivity index (χ2n) is 5.90. The van der Waals surface area contributed by atoms with Crippen molar-refractivity contribution in [1.29, 1.82) is 0 Å². The Morgan fingerprint density at radius 2 is 1.92 bits per heavy atom. The average molecular weight is 320 g/mol. The second kappa shape index (κ2) is 6.75. The molecule has 2 aromatic carbocycles. The van der Waals surface area contributed by atoms with Gasteiger partial charge in [-0.1, -0.05) is 43.8 Å². The van der Waals surface area contributed by atoms with Gasteiger partial charge in [-0.15, -0.1) is 0 Å². The van der Waals surface area contributed by atoms with Crippen LogP contribution in [0.15, 0.2) is 69.9 Å². The van der Waals surface area contributed by atoms with Crippen molar-refractivity contribution < 1.29 is 9.15 Å². The lowest BCUT2D eigenvalue weighted by Crippen LogP contribution is -2.03. The highest BCUT2D eigenvalue weighted by Crippen LogP contribution is 2.32. The molecule has 0 aliphatic carbocycles. The van der Waals surface area contributed by atoms with Gasteiger partial charge in [-0.2, -0.15) is 0 Å². The van der Waals surface area contributed by atoms with Crippen molar-refractivity contribution in [3.05, 3.63) is 76.7 Å². The Bertz CT molecular complexity index is 936. The molecule has 122 valence electrons. The molecule has 0 aliphatic rings. The van der Waals surface area contributed by atoms with Gasteiger partial charge in [0.05, 0.1) is 0 Å². The molecule has 0 radical (unpaired) electrons. The summed E-state index contributed by atoms with van der Waals surface area (Å²) in [6, 6.07) is 15.3. The van der Waals surface area contributed by atoms with Crippen LogP contribution in [0.4, 0.5) is 0 Å². The van der Waals surface area contributed by atoms with Crippen molar-refractivity contribution in [2.75, 3.05) is 6.61 Å². The van der Waals surface area contributed by atoms with Crippen LogP contribution in [-0.4, -0.2) is 6.61 Å². The summed E-state index contributed by atoms with van der Waals surface area (Å²) in [6.45, 7) is 8.30. The molecule has 3 rings (SSSR count).